The summed E-state index contributed by atoms with van der Waals surface area (Å²) in [7, 11) is 0. The molecular weight excluding hydrogens is 377 g/mol. The molecule has 0 spiro atoms. The zero-order chi connectivity index (χ0) is 19.7. The van der Waals surface area contributed by atoms with Gasteiger partial charge in [-0.2, -0.15) is 13.2 Å². The normalized spacial score (nSPS) is 18.8. The molecule has 1 atom stereocenters. The van der Waals surface area contributed by atoms with E-state index < -0.39 is 17.8 Å². The van der Waals surface area contributed by atoms with Crippen LogP contribution in [0.2, 0.25) is 0 Å². The minimum atomic E-state index is -4.47. The number of hydrogen-bond acceptors (Lipinski definition) is 5. The number of ether oxygens (including phenoxy) is 3. The minimum Gasteiger partial charge on any atom is -0.486 e. The quantitative estimate of drug-likeness (QED) is 0.800. The number of carbonyl (C=O) groups excluding carboxylic acids is 1. The topological polar surface area (TPSA) is 60.9 Å². The van der Waals surface area contributed by atoms with Crippen molar-refractivity contribution in [3.05, 3.63) is 47.7 Å². The average molecular weight is 394 g/mol. The first-order valence-electron chi connectivity index (χ1n) is 8.79. The Kier molecular flexibility index (Phi) is 4.74. The van der Waals surface area contributed by atoms with E-state index >= 15 is 0 Å². The lowest BCUT2D eigenvalue weighted by atomic mass is 10.1. The van der Waals surface area contributed by atoms with E-state index in [0.717, 1.165) is 18.3 Å². The van der Waals surface area contributed by atoms with Crippen LogP contribution in [0, 0.1) is 0 Å². The number of hydrogen-bond donors (Lipinski definition) is 0. The second-order valence-corrected chi connectivity index (χ2v) is 6.49. The van der Waals surface area contributed by atoms with Crippen LogP contribution < -0.4 is 14.2 Å². The highest BCUT2D eigenvalue weighted by molar-refractivity contribution is 5.98. The first kappa shape index (κ1) is 18.4. The van der Waals surface area contributed by atoms with Gasteiger partial charge in [0.15, 0.2) is 11.5 Å². The number of para-hydroxylation sites is 1. The summed E-state index contributed by atoms with van der Waals surface area (Å²) in [6.45, 7) is 1.47. The van der Waals surface area contributed by atoms with Crippen LogP contribution in [0.1, 0.15) is 22.3 Å². The van der Waals surface area contributed by atoms with Gasteiger partial charge in [-0.3, -0.25) is 4.79 Å². The number of likely N-dealkylation sites (tertiary alicyclic amines) is 1. The van der Waals surface area contributed by atoms with Crippen molar-refractivity contribution < 1.29 is 32.2 Å². The van der Waals surface area contributed by atoms with Crippen molar-refractivity contribution in [2.45, 2.75) is 18.7 Å². The standard InChI is InChI=1S/C19H17F3N2O4/c20-19(21,22)12-4-6-23-16(10-12)28-13-5-7-24(11-13)18(25)14-2-1-3-15-17(14)27-9-8-26-15/h1-4,6,10,13H,5,7-9,11H2. The molecule has 2 aliphatic heterocycles. The van der Waals surface area contributed by atoms with E-state index in [2.05, 4.69) is 4.98 Å². The molecule has 148 valence electrons. The zero-order valence-corrected chi connectivity index (χ0v) is 14.7. The van der Waals surface area contributed by atoms with Crippen LogP contribution in [0.4, 0.5) is 13.2 Å². The largest absolute Gasteiger partial charge is 0.486 e. The molecule has 0 N–H and O–H groups in total. The van der Waals surface area contributed by atoms with Gasteiger partial charge in [-0.05, 0) is 18.2 Å². The van der Waals surface area contributed by atoms with Crippen LogP contribution in [0.5, 0.6) is 17.4 Å². The van der Waals surface area contributed by atoms with Gasteiger partial charge in [-0.15, -0.1) is 0 Å². The van der Waals surface area contributed by atoms with Crippen LogP contribution in [-0.4, -0.2) is 48.2 Å². The highest BCUT2D eigenvalue weighted by atomic mass is 19.4. The van der Waals surface area contributed by atoms with Crippen molar-refractivity contribution in [3.8, 4) is 17.4 Å². The molecule has 1 fully saturated rings. The van der Waals surface area contributed by atoms with Crippen molar-refractivity contribution in [1.82, 2.24) is 9.88 Å². The van der Waals surface area contributed by atoms with E-state index in [1.165, 1.54) is 0 Å². The van der Waals surface area contributed by atoms with Gasteiger partial charge < -0.3 is 19.1 Å². The van der Waals surface area contributed by atoms with Crippen molar-refractivity contribution >= 4 is 5.91 Å². The van der Waals surface area contributed by atoms with Gasteiger partial charge in [0.1, 0.15) is 19.3 Å². The third kappa shape index (κ3) is 3.69. The van der Waals surface area contributed by atoms with Crippen LogP contribution in [0.3, 0.4) is 0 Å². The van der Waals surface area contributed by atoms with Gasteiger partial charge in [0.2, 0.25) is 5.88 Å². The molecule has 1 unspecified atom stereocenters. The van der Waals surface area contributed by atoms with E-state index in [4.69, 9.17) is 14.2 Å². The second-order valence-electron chi connectivity index (χ2n) is 6.49. The summed E-state index contributed by atoms with van der Waals surface area (Å²) in [6, 6.07) is 6.87. The van der Waals surface area contributed by atoms with Gasteiger partial charge in [-0.1, -0.05) is 6.07 Å². The number of rotatable bonds is 3. The maximum atomic E-state index is 12.9. The number of carbonyl (C=O) groups is 1. The number of amides is 1. The first-order valence-corrected chi connectivity index (χ1v) is 8.79. The minimum absolute atomic E-state index is 0.108. The Labute approximate surface area is 158 Å². The highest BCUT2D eigenvalue weighted by Crippen LogP contribution is 2.35. The molecule has 1 aromatic carbocycles. The lowest BCUT2D eigenvalue weighted by Gasteiger charge is -2.23. The highest BCUT2D eigenvalue weighted by Gasteiger charge is 2.33. The lowest BCUT2D eigenvalue weighted by Crippen LogP contribution is -2.32. The third-order valence-corrected chi connectivity index (χ3v) is 4.58. The number of benzene rings is 1. The van der Waals surface area contributed by atoms with Crippen molar-refractivity contribution in [3.63, 3.8) is 0 Å². The summed E-state index contributed by atoms with van der Waals surface area (Å²) in [4.78, 5) is 18.3. The average Bonchev–Trinajstić information content (AvgIpc) is 3.15. The van der Waals surface area contributed by atoms with Crippen LogP contribution in [0.15, 0.2) is 36.5 Å². The van der Waals surface area contributed by atoms with E-state index in [9.17, 15) is 18.0 Å². The number of halogens is 3. The molecule has 4 rings (SSSR count). The van der Waals surface area contributed by atoms with Gasteiger partial charge in [0, 0.05) is 25.2 Å². The number of nitrogens with zero attached hydrogens (tertiary/aromatic N) is 2. The lowest BCUT2D eigenvalue weighted by molar-refractivity contribution is -0.137. The van der Waals surface area contributed by atoms with Crippen LogP contribution in [-0.2, 0) is 6.18 Å². The van der Waals surface area contributed by atoms with E-state index in [1.54, 1.807) is 23.1 Å². The molecule has 9 heteroatoms. The van der Waals surface area contributed by atoms with Crippen molar-refractivity contribution in [2.24, 2.45) is 0 Å². The number of pyridine rings is 1. The Morgan fingerprint density at radius 2 is 2.04 bits per heavy atom. The molecule has 2 aromatic rings. The second kappa shape index (κ2) is 7.21. The Bertz CT molecular complexity index is 888. The molecule has 0 saturated carbocycles. The van der Waals surface area contributed by atoms with Gasteiger partial charge in [0.25, 0.3) is 5.91 Å². The monoisotopic (exact) mass is 394 g/mol. The van der Waals surface area contributed by atoms with Crippen LogP contribution >= 0.6 is 0 Å². The first-order chi connectivity index (χ1) is 13.4. The number of fused-ring (bicyclic) bond motifs is 1. The maximum Gasteiger partial charge on any atom is 0.416 e. The molecule has 2 aliphatic rings. The SMILES string of the molecule is O=C(c1cccc2c1OCCO2)N1CCC(Oc2cc(C(F)(F)F)ccn2)C1. The fourth-order valence-electron chi connectivity index (χ4n) is 3.24. The van der Waals surface area contributed by atoms with Crippen LogP contribution in [0.25, 0.3) is 0 Å². The fraction of sp³-hybridized carbons (Fsp3) is 0.368. The van der Waals surface area contributed by atoms with E-state index in [0.29, 0.717) is 43.2 Å². The van der Waals surface area contributed by atoms with Gasteiger partial charge in [0.05, 0.1) is 17.7 Å². The molecule has 0 radical (unpaired) electrons. The Balaban J connectivity index is 1.44. The maximum absolute atomic E-state index is 12.9. The summed E-state index contributed by atoms with van der Waals surface area (Å²) >= 11 is 0. The molecule has 28 heavy (non-hydrogen) atoms. The molecular formula is C19H17F3N2O4. The summed E-state index contributed by atoms with van der Waals surface area (Å²) in [5.41, 5.74) is -0.425. The van der Waals surface area contributed by atoms with Gasteiger partial charge >= 0.3 is 6.18 Å². The summed E-state index contributed by atoms with van der Waals surface area (Å²) in [5, 5.41) is 0. The summed E-state index contributed by atoms with van der Waals surface area (Å²) in [5.74, 6) is 0.605. The summed E-state index contributed by atoms with van der Waals surface area (Å²) in [6.07, 6.45) is -3.34. The van der Waals surface area contributed by atoms with Gasteiger partial charge in [-0.25, -0.2) is 4.98 Å². The molecule has 6 nitrogen and oxygen atoms in total. The van der Waals surface area contributed by atoms with E-state index in [1.807, 2.05) is 0 Å². The molecule has 1 saturated heterocycles. The zero-order valence-electron chi connectivity index (χ0n) is 14.7. The Morgan fingerprint density at radius 3 is 2.86 bits per heavy atom. The molecule has 1 amide bonds. The summed E-state index contributed by atoms with van der Waals surface area (Å²) < 4.78 is 55.1. The third-order valence-electron chi connectivity index (χ3n) is 4.58. The van der Waals surface area contributed by atoms with E-state index in [-0.39, 0.29) is 18.3 Å². The Hall–Kier alpha value is -2.97. The fourth-order valence-corrected chi connectivity index (χ4v) is 3.24. The number of aromatic nitrogens is 1. The van der Waals surface area contributed by atoms with Crippen molar-refractivity contribution in [1.29, 1.82) is 0 Å². The smallest absolute Gasteiger partial charge is 0.416 e. The predicted octanol–water partition coefficient (Wildman–Crippen LogP) is 3.17. The number of alkyl halides is 3. The van der Waals surface area contributed by atoms with Crippen molar-refractivity contribution in [2.75, 3.05) is 26.3 Å². The molecule has 0 aliphatic carbocycles. The molecule has 3 heterocycles. The predicted molar refractivity (Wildman–Crippen MR) is 91.6 cm³/mol. The molecule has 1 aromatic heterocycles. The molecule has 0 bridgehead atoms. The Morgan fingerprint density at radius 1 is 1.21 bits per heavy atom.